The van der Waals surface area contributed by atoms with E-state index in [2.05, 4.69) is 28.6 Å². The first-order valence-electron chi connectivity index (χ1n) is 4.76. The fourth-order valence-corrected chi connectivity index (χ4v) is 2.28. The molecular formula is C14H11S2Sn. The summed E-state index contributed by atoms with van der Waals surface area (Å²) in [7, 11) is 0. The van der Waals surface area contributed by atoms with Crippen LogP contribution in [0, 0.1) is 11.8 Å². The van der Waals surface area contributed by atoms with Crippen molar-refractivity contribution in [2.24, 2.45) is 0 Å². The molecule has 0 amide bonds. The van der Waals surface area contributed by atoms with E-state index < -0.39 is 0 Å². The molecule has 0 spiro atoms. The van der Waals surface area contributed by atoms with Crippen LogP contribution in [0.25, 0.3) is 0 Å². The van der Waals surface area contributed by atoms with Crippen LogP contribution in [0.15, 0.2) is 63.8 Å². The molecule has 0 aliphatic carbocycles. The van der Waals surface area contributed by atoms with Crippen LogP contribution in [-0.4, -0.2) is 29.3 Å². The number of rotatable bonds is 1. The third-order valence-electron chi connectivity index (χ3n) is 1.83. The Kier molecular flexibility index (Phi) is 7.18. The van der Waals surface area contributed by atoms with Crippen molar-refractivity contribution < 1.29 is 1.43 Å². The van der Waals surface area contributed by atoms with E-state index in [0.717, 1.165) is 11.1 Å². The van der Waals surface area contributed by atoms with Crippen molar-refractivity contribution in [1.29, 1.82) is 0 Å². The van der Waals surface area contributed by atoms with Gasteiger partial charge >= 0.3 is 0 Å². The maximum absolute atomic E-state index is 3.13. The number of hydrogen-bond acceptors (Lipinski definition) is 1. The predicted molar refractivity (Wildman–Crippen MR) is 81.7 cm³/mol. The van der Waals surface area contributed by atoms with Gasteiger partial charge in [-0.1, -0.05) is 35.7 Å². The number of allylic oxidation sites excluding steroid dienone is 1. The summed E-state index contributed by atoms with van der Waals surface area (Å²) in [6.45, 7) is 0. The smallest absolute Gasteiger partial charge is 0.224 e. The van der Waals surface area contributed by atoms with E-state index in [1.54, 1.807) is 23.1 Å². The maximum Gasteiger partial charge on any atom is 0.224 e. The van der Waals surface area contributed by atoms with Gasteiger partial charge in [-0.15, -0.1) is 17.1 Å². The fraction of sp³-hybridized carbons (Fsp3) is 0. The Morgan fingerprint density at radius 1 is 1.18 bits per heavy atom. The van der Waals surface area contributed by atoms with Gasteiger partial charge in [0.25, 0.3) is 0 Å². The van der Waals surface area contributed by atoms with E-state index in [-0.39, 0.29) is 25.3 Å². The number of hydrogen-bond donors (Lipinski definition) is 0. The van der Waals surface area contributed by atoms with Crippen LogP contribution < -0.4 is 0 Å². The van der Waals surface area contributed by atoms with E-state index in [4.69, 9.17) is 0 Å². The monoisotopic (exact) mass is 363 g/mol. The van der Waals surface area contributed by atoms with Crippen LogP contribution in [0.3, 0.4) is 0 Å². The Hall–Kier alpha value is -0.631. The summed E-state index contributed by atoms with van der Waals surface area (Å²) in [4.78, 5) is 0. The first kappa shape index (κ1) is 14.4. The van der Waals surface area contributed by atoms with Crippen molar-refractivity contribution in [3.05, 3.63) is 75.6 Å². The molecule has 2 heterocycles. The van der Waals surface area contributed by atoms with Crippen LogP contribution in [0.4, 0.5) is 0 Å². The Morgan fingerprint density at radius 3 is 2.41 bits per heavy atom. The van der Waals surface area contributed by atoms with Gasteiger partial charge in [0, 0.05) is 25.3 Å². The molecule has 5 radical (unpaired) electrons. The third kappa shape index (κ3) is 5.03. The van der Waals surface area contributed by atoms with E-state index in [1.807, 2.05) is 41.1 Å². The molecular weight excluding hydrogens is 351 g/mol. The Bertz CT molecular complexity index is 481. The molecule has 0 bridgehead atoms. The van der Waals surface area contributed by atoms with Crippen molar-refractivity contribution in [3.8, 4) is 0 Å². The molecule has 83 valence electrons. The minimum Gasteiger partial charge on any atom is -0.269 e. The topological polar surface area (TPSA) is 0 Å². The Balaban J connectivity index is 0.000000319. The summed E-state index contributed by atoms with van der Waals surface area (Å²) in [5.74, 6) is 2.08. The van der Waals surface area contributed by atoms with Gasteiger partial charge in [-0.2, -0.15) is 11.8 Å². The van der Waals surface area contributed by atoms with Gasteiger partial charge in [0.2, 0.25) is 16.8 Å². The molecule has 0 saturated heterocycles. The standard InChI is InChI=1S/C8H4S2.C6H5.Sn.H2/c1-3-9-5-7(1)8-2-4-10-6-8;1-2-4-6-5-3-1;;/h3-6H;1-5H;;1H. The summed E-state index contributed by atoms with van der Waals surface area (Å²) in [5.41, 5.74) is 8.58. The van der Waals surface area contributed by atoms with Gasteiger partial charge in [-0.25, -0.2) is 0 Å². The van der Waals surface area contributed by atoms with E-state index in [1.165, 1.54) is 0 Å². The number of benzene rings is 1. The zero-order chi connectivity index (χ0) is 11.1. The fourth-order valence-electron chi connectivity index (χ4n) is 1.09. The van der Waals surface area contributed by atoms with Crippen molar-refractivity contribution in [3.63, 3.8) is 0 Å². The quantitative estimate of drug-likeness (QED) is 0.243. The first-order chi connectivity index (χ1) is 7.97. The summed E-state index contributed by atoms with van der Waals surface area (Å²) in [6, 6.07) is 12.5. The van der Waals surface area contributed by atoms with E-state index in [0.29, 0.717) is 0 Å². The average Bonchev–Trinajstić information content (AvgIpc) is 3.05. The van der Waals surface area contributed by atoms with Crippen LogP contribution in [0.2, 0.25) is 0 Å². The van der Waals surface area contributed by atoms with Crippen LogP contribution >= 0.6 is 11.8 Å². The molecule has 17 heavy (non-hydrogen) atoms. The van der Waals surface area contributed by atoms with E-state index >= 15 is 0 Å². The van der Waals surface area contributed by atoms with Gasteiger partial charge in [-0.05, 0) is 11.6 Å². The number of thioether (sulfide) groups is 1. The van der Waals surface area contributed by atoms with E-state index in [9.17, 15) is 0 Å². The summed E-state index contributed by atoms with van der Waals surface area (Å²) < 4.78 is 0. The Labute approximate surface area is 129 Å². The molecule has 0 nitrogen and oxygen atoms in total. The second-order valence-corrected chi connectivity index (χ2v) is 4.42. The molecule has 0 fully saturated rings. The zero-order valence-electron chi connectivity index (χ0n) is 9.01. The summed E-state index contributed by atoms with van der Waals surface area (Å²) in [5, 5.41) is 6.00. The van der Waals surface area contributed by atoms with Crippen LogP contribution in [-0.2, 0) is 11.4 Å². The molecule has 0 unspecified atom stereocenters. The SMILES string of the molecule is C1=C[S+]=CC=1C1=C=CS[CH-]1.[HH].[Sn].[c]1ccccc1. The van der Waals surface area contributed by atoms with Gasteiger partial charge in [0.05, 0.1) is 0 Å². The molecule has 1 aromatic carbocycles. The van der Waals surface area contributed by atoms with Gasteiger partial charge in [0.1, 0.15) is 0 Å². The van der Waals surface area contributed by atoms with Crippen molar-refractivity contribution in [2.45, 2.75) is 0 Å². The molecule has 0 aromatic heterocycles. The molecule has 3 heteroatoms. The second-order valence-electron chi connectivity index (χ2n) is 2.94. The maximum atomic E-state index is 3.13. The van der Waals surface area contributed by atoms with Crippen molar-refractivity contribution >= 4 is 52.4 Å². The van der Waals surface area contributed by atoms with Crippen LogP contribution in [0.1, 0.15) is 1.43 Å². The molecule has 0 atom stereocenters. The molecule has 0 N–H and O–H groups in total. The minimum atomic E-state index is 0. The van der Waals surface area contributed by atoms with Gasteiger partial charge in [-0.3, -0.25) is 5.73 Å². The molecule has 2 aliphatic rings. The minimum absolute atomic E-state index is 0. The largest absolute Gasteiger partial charge is 0.269 e. The van der Waals surface area contributed by atoms with Gasteiger partial charge in [0.15, 0.2) is 5.37 Å². The predicted octanol–water partition coefficient (Wildman–Crippen LogP) is 3.22. The zero-order valence-corrected chi connectivity index (χ0v) is 13.5. The second kappa shape index (κ2) is 8.46. The molecule has 1 aromatic rings. The summed E-state index contributed by atoms with van der Waals surface area (Å²) in [6.07, 6.45) is 0. The van der Waals surface area contributed by atoms with Gasteiger partial charge < -0.3 is 0 Å². The summed E-state index contributed by atoms with van der Waals surface area (Å²) >= 11 is 3.33. The Morgan fingerprint density at radius 2 is 2.00 bits per heavy atom. The van der Waals surface area contributed by atoms with Crippen LogP contribution in [0.5, 0.6) is 0 Å². The molecule has 0 saturated carbocycles. The van der Waals surface area contributed by atoms with Crippen molar-refractivity contribution in [2.75, 3.05) is 0 Å². The normalized spacial score (nSPS) is 14.1. The third-order valence-corrected chi connectivity index (χ3v) is 3.09. The molecule has 2 aliphatic heterocycles. The average molecular weight is 362 g/mol. The molecule has 3 rings (SSSR count). The van der Waals surface area contributed by atoms with Crippen molar-refractivity contribution in [1.82, 2.24) is 0 Å². The first-order valence-corrected chi connectivity index (χ1v) is 6.64.